The van der Waals surface area contributed by atoms with Crippen LogP contribution in [0.15, 0.2) is 46.1 Å². The van der Waals surface area contributed by atoms with Gasteiger partial charge in [-0.1, -0.05) is 18.2 Å². The van der Waals surface area contributed by atoms with Crippen molar-refractivity contribution in [2.45, 2.75) is 25.9 Å². The van der Waals surface area contributed by atoms with Gasteiger partial charge in [-0.05, 0) is 25.0 Å². The molecular formula is C16H17N3O3. The fourth-order valence-corrected chi connectivity index (χ4v) is 2.90. The average molecular weight is 299 g/mol. The van der Waals surface area contributed by atoms with Gasteiger partial charge >= 0.3 is 5.69 Å². The van der Waals surface area contributed by atoms with E-state index in [0.29, 0.717) is 0 Å². The van der Waals surface area contributed by atoms with E-state index in [-0.39, 0.29) is 24.1 Å². The van der Waals surface area contributed by atoms with Gasteiger partial charge in [-0.25, -0.2) is 4.79 Å². The minimum atomic E-state index is -0.485. The van der Waals surface area contributed by atoms with Crippen molar-refractivity contribution in [2.24, 2.45) is 7.05 Å². The molecule has 3 rings (SSSR count). The summed E-state index contributed by atoms with van der Waals surface area (Å²) in [7, 11) is 1.40. The molecule has 0 aliphatic carbocycles. The number of amides is 1. The van der Waals surface area contributed by atoms with Gasteiger partial charge in [-0.3, -0.25) is 18.7 Å². The molecule has 1 aromatic heterocycles. The molecule has 0 saturated heterocycles. The lowest BCUT2D eigenvalue weighted by Gasteiger charge is -2.23. The lowest BCUT2D eigenvalue weighted by atomic mass is 10.1. The first kappa shape index (κ1) is 14.3. The van der Waals surface area contributed by atoms with E-state index in [1.165, 1.54) is 23.9 Å². The lowest BCUT2D eigenvalue weighted by molar-refractivity contribution is -0.119. The summed E-state index contributed by atoms with van der Waals surface area (Å²) in [6, 6.07) is 9.13. The summed E-state index contributed by atoms with van der Waals surface area (Å²) in [5.41, 5.74) is 1.17. The number of anilines is 1. The molecule has 2 heterocycles. The lowest BCUT2D eigenvalue weighted by Crippen LogP contribution is -2.43. The van der Waals surface area contributed by atoms with Crippen LogP contribution in [0, 0.1) is 0 Å². The number of benzene rings is 1. The van der Waals surface area contributed by atoms with E-state index >= 15 is 0 Å². The molecule has 1 aromatic carbocycles. The number of carbonyl (C=O) groups excluding carboxylic acids is 1. The van der Waals surface area contributed by atoms with Crippen LogP contribution >= 0.6 is 0 Å². The molecule has 0 radical (unpaired) electrons. The number of rotatable bonds is 2. The topological polar surface area (TPSA) is 64.3 Å². The quantitative estimate of drug-likeness (QED) is 0.812. The molecule has 0 spiro atoms. The Morgan fingerprint density at radius 1 is 1.23 bits per heavy atom. The molecular weight excluding hydrogens is 282 g/mol. The molecule has 0 N–H and O–H groups in total. The van der Waals surface area contributed by atoms with Crippen LogP contribution < -0.4 is 16.1 Å². The van der Waals surface area contributed by atoms with Crippen LogP contribution in [-0.4, -0.2) is 21.1 Å². The third kappa shape index (κ3) is 2.26. The highest BCUT2D eigenvalue weighted by Gasteiger charge is 2.30. The third-order valence-corrected chi connectivity index (χ3v) is 4.04. The zero-order valence-corrected chi connectivity index (χ0v) is 12.5. The van der Waals surface area contributed by atoms with Gasteiger partial charge in [0.05, 0.1) is 0 Å². The molecule has 0 unspecified atom stereocenters. The second kappa shape index (κ2) is 5.29. The fourth-order valence-electron chi connectivity index (χ4n) is 2.90. The minimum absolute atomic E-state index is 0.0631. The highest BCUT2D eigenvalue weighted by Crippen LogP contribution is 2.31. The smallest absolute Gasteiger partial charge is 0.307 e. The number of fused-ring (bicyclic) bond motifs is 1. The van der Waals surface area contributed by atoms with Crippen LogP contribution in [0.3, 0.4) is 0 Å². The first-order valence-corrected chi connectivity index (χ1v) is 7.15. The first-order chi connectivity index (χ1) is 10.5. The largest absolute Gasteiger partial charge is 0.331 e. The molecule has 0 bridgehead atoms. The monoisotopic (exact) mass is 299 g/mol. The van der Waals surface area contributed by atoms with E-state index in [4.69, 9.17) is 0 Å². The molecule has 0 saturated carbocycles. The second-order valence-electron chi connectivity index (χ2n) is 5.57. The molecule has 114 valence electrons. The Hall–Kier alpha value is -2.63. The number of nitrogens with zero attached hydrogens (tertiary/aromatic N) is 3. The van der Waals surface area contributed by atoms with Crippen molar-refractivity contribution in [3.05, 3.63) is 62.9 Å². The van der Waals surface area contributed by atoms with Gasteiger partial charge in [0.1, 0.15) is 6.54 Å². The number of para-hydroxylation sites is 1. The highest BCUT2D eigenvalue weighted by atomic mass is 16.2. The van der Waals surface area contributed by atoms with E-state index in [9.17, 15) is 14.4 Å². The van der Waals surface area contributed by atoms with Gasteiger partial charge < -0.3 is 4.90 Å². The summed E-state index contributed by atoms with van der Waals surface area (Å²) in [5, 5.41) is 0. The predicted octanol–water partition coefficient (Wildman–Crippen LogP) is 0.525. The van der Waals surface area contributed by atoms with Crippen LogP contribution in [0.1, 0.15) is 12.5 Å². The summed E-state index contributed by atoms with van der Waals surface area (Å²) in [5.74, 6) is -0.154. The van der Waals surface area contributed by atoms with Gasteiger partial charge in [0, 0.05) is 31.0 Å². The molecule has 1 aliphatic rings. The summed E-state index contributed by atoms with van der Waals surface area (Å²) in [6.45, 7) is 1.91. The van der Waals surface area contributed by atoms with Crippen molar-refractivity contribution in [1.82, 2.24) is 9.13 Å². The summed E-state index contributed by atoms with van der Waals surface area (Å²) >= 11 is 0. The standard InChI is InChI=1S/C16H17N3O3/c1-11-9-12-5-3-4-6-13(12)19(11)15(21)10-18-8-7-14(20)17(2)16(18)22/h3-8,11H,9-10H2,1-2H3/t11-/m1/s1. The van der Waals surface area contributed by atoms with Crippen molar-refractivity contribution in [2.75, 3.05) is 4.90 Å². The molecule has 6 heteroatoms. The van der Waals surface area contributed by atoms with Crippen molar-refractivity contribution in [1.29, 1.82) is 0 Å². The SMILES string of the molecule is C[C@@H]1Cc2ccccc2N1C(=O)Cn1ccc(=O)n(C)c1=O. The molecule has 1 amide bonds. The normalized spacial score (nSPS) is 16.6. The van der Waals surface area contributed by atoms with E-state index in [0.717, 1.165) is 22.2 Å². The molecule has 1 atom stereocenters. The van der Waals surface area contributed by atoms with Crippen LogP contribution in [0.5, 0.6) is 0 Å². The van der Waals surface area contributed by atoms with Gasteiger partial charge in [0.25, 0.3) is 5.56 Å². The Labute approximate surface area is 127 Å². The maximum Gasteiger partial charge on any atom is 0.331 e. The maximum atomic E-state index is 12.6. The Kier molecular flexibility index (Phi) is 3.44. The molecule has 1 aliphatic heterocycles. The van der Waals surface area contributed by atoms with Crippen molar-refractivity contribution in [3.63, 3.8) is 0 Å². The van der Waals surface area contributed by atoms with Crippen LogP contribution in [0.25, 0.3) is 0 Å². The van der Waals surface area contributed by atoms with Gasteiger partial charge in [0.2, 0.25) is 5.91 Å². The van der Waals surface area contributed by atoms with Gasteiger partial charge in [0.15, 0.2) is 0 Å². The predicted molar refractivity (Wildman–Crippen MR) is 83.0 cm³/mol. The Bertz CT molecular complexity index is 850. The van der Waals surface area contributed by atoms with Crippen molar-refractivity contribution >= 4 is 11.6 Å². The molecule has 0 fully saturated rings. The number of hydrogen-bond acceptors (Lipinski definition) is 3. The maximum absolute atomic E-state index is 12.6. The highest BCUT2D eigenvalue weighted by molar-refractivity contribution is 5.96. The first-order valence-electron chi connectivity index (χ1n) is 7.15. The number of aromatic nitrogens is 2. The molecule has 6 nitrogen and oxygen atoms in total. The van der Waals surface area contributed by atoms with Gasteiger partial charge in [-0.2, -0.15) is 0 Å². The van der Waals surface area contributed by atoms with Crippen LogP contribution in [0.4, 0.5) is 5.69 Å². The van der Waals surface area contributed by atoms with Gasteiger partial charge in [-0.15, -0.1) is 0 Å². The van der Waals surface area contributed by atoms with E-state index in [1.807, 2.05) is 31.2 Å². The zero-order valence-electron chi connectivity index (χ0n) is 12.5. The average Bonchev–Trinajstić information content (AvgIpc) is 2.83. The van der Waals surface area contributed by atoms with Crippen LogP contribution in [-0.2, 0) is 24.8 Å². The third-order valence-electron chi connectivity index (χ3n) is 4.04. The number of hydrogen-bond donors (Lipinski definition) is 0. The number of carbonyl (C=O) groups is 1. The minimum Gasteiger partial charge on any atom is -0.307 e. The summed E-state index contributed by atoms with van der Waals surface area (Å²) < 4.78 is 2.26. The Morgan fingerprint density at radius 2 is 1.95 bits per heavy atom. The zero-order chi connectivity index (χ0) is 15.9. The van der Waals surface area contributed by atoms with Crippen molar-refractivity contribution < 1.29 is 4.79 Å². The van der Waals surface area contributed by atoms with E-state index in [2.05, 4.69) is 0 Å². The van der Waals surface area contributed by atoms with E-state index < -0.39 is 5.69 Å². The molecule has 2 aromatic rings. The summed E-state index contributed by atoms with van der Waals surface area (Å²) in [4.78, 5) is 37.8. The Balaban J connectivity index is 1.92. The molecule has 22 heavy (non-hydrogen) atoms. The van der Waals surface area contributed by atoms with Crippen molar-refractivity contribution in [3.8, 4) is 0 Å². The summed E-state index contributed by atoms with van der Waals surface area (Å²) in [6.07, 6.45) is 2.18. The van der Waals surface area contributed by atoms with Crippen LogP contribution in [0.2, 0.25) is 0 Å². The van der Waals surface area contributed by atoms with E-state index in [1.54, 1.807) is 4.90 Å². The Morgan fingerprint density at radius 3 is 2.73 bits per heavy atom. The fraction of sp³-hybridized carbons (Fsp3) is 0.312. The second-order valence-corrected chi connectivity index (χ2v) is 5.57.